The Morgan fingerprint density at radius 3 is 2.31 bits per heavy atom. The quantitative estimate of drug-likeness (QED) is 0.812. The lowest BCUT2D eigenvalue weighted by Crippen LogP contribution is -2.44. The molecule has 1 aromatic carbocycles. The zero-order chi connectivity index (χ0) is 12.2. The SMILES string of the molecule is CC(C)(CC(=O)O)NC(=O)c1ccccc1. The first-order valence-electron chi connectivity index (χ1n) is 5.00. The van der Waals surface area contributed by atoms with Gasteiger partial charge in [-0.2, -0.15) is 0 Å². The number of rotatable bonds is 4. The van der Waals surface area contributed by atoms with E-state index in [0.717, 1.165) is 0 Å². The van der Waals surface area contributed by atoms with Crippen LogP contribution in [0.2, 0.25) is 0 Å². The maximum atomic E-state index is 11.7. The molecule has 0 heterocycles. The minimum absolute atomic E-state index is 0.106. The minimum Gasteiger partial charge on any atom is -0.481 e. The summed E-state index contributed by atoms with van der Waals surface area (Å²) in [4.78, 5) is 22.3. The van der Waals surface area contributed by atoms with Gasteiger partial charge >= 0.3 is 5.97 Å². The molecule has 0 fully saturated rings. The maximum absolute atomic E-state index is 11.7. The van der Waals surface area contributed by atoms with Crippen molar-refractivity contribution < 1.29 is 14.7 Å². The van der Waals surface area contributed by atoms with Gasteiger partial charge < -0.3 is 10.4 Å². The molecule has 0 unspecified atom stereocenters. The molecule has 0 aromatic heterocycles. The monoisotopic (exact) mass is 221 g/mol. The average molecular weight is 221 g/mol. The Labute approximate surface area is 94.3 Å². The molecule has 0 saturated heterocycles. The van der Waals surface area contributed by atoms with E-state index in [1.807, 2.05) is 6.07 Å². The van der Waals surface area contributed by atoms with Crippen LogP contribution in [-0.4, -0.2) is 22.5 Å². The van der Waals surface area contributed by atoms with Gasteiger partial charge in [-0.25, -0.2) is 0 Å². The topological polar surface area (TPSA) is 66.4 Å². The highest BCUT2D eigenvalue weighted by atomic mass is 16.4. The van der Waals surface area contributed by atoms with Gasteiger partial charge in [0.05, 0.1) is 6.42 Å². The standard InChI is InChI=1S/C12H15NO3/c1-12(2,8-10(14)15)13-11(16)9-6-4-3-5-7-9/h3-7H,8H2,1-2H3,(H,13,16)(H,14,15). The number of carboxylic acids is 1. The van der Waals surface area contributed by atoms with E-state index in [4.69, 9.17) is 5.11 Å². The Morgan fingerprint density at radius 1 is 1.25 bits per heavy atom. The molecular formula is C12H15NO3. The Morgan fingerprint density at radius 2 is 1.81 bits per heavy atom. The van der Waals surface area contributed by atoms with E-state index in [1.54, 1.807) is 38.1 Å². The summed E-state index contributed by atoms with van der Waals surface area (Å²) < 4.78 is 0. The van der Waals surface area contributed by atoms with Gasteiger partial charge in [-0.3, -0.25) is 9.59 Å². The van der Waals surface area contributed by atoms with Crippen LogP contribution >= 0.6 is 0 Å². The smallest absolute Gasteiger partial charge is 0.305 e. The van der Waals surface area contributed by atoms with Gasteiger partial charge in [-0.05, 0) is 26.0 Å². The number of aliphatic carboxylic acids is 1. The highest BCUT2D eigenvalue weighted by Gasteiger charge is 2.24. The first kappa shape index (κ1) is 12.2. The summed E-state index contributed by atoms with van der Waals surface area (Å²) in [6.07, 6.45) is -0.106. The van der Waals surface area contributed by atoms with Crippen molar-refractivity contribution in [2.75, 3.05) is 0 Å². The summed E-state index contributed by atoms with van der Waals surface area (Å²) >= 11 is 0. The molecule has 1 rings (SSSR count). The lowest BCUT2D eigenvalue weighted by Gasteiger charge is -2.24. The molecule has 4 heteroatoms. The van der Waals surface area contributed by atoms with Crippen molar-refractivity contribution in [2.24, 2.45) is 0 Å². The second-order valence-electron chi connectivity index (χ2n) is 4.27. The molecule has 1 amide bonds. The number of hydrogen-bond acceptors (Lipinski definition) is 2. The Bertz CT molecular complexity index is 385. The van der Waals surface area contributed by atoms with E-state index in [1.165, 1.54) is 0 Å². The average Bonchev–Trinajstić information content (AvgIpc) is 2.16. The molecule has 0 bridgehead atoms. The van der Waals surface area contributed by atoms with Crippen molar-refractivity contribution in [3.63, 3.8) is 0 Å². The van der Waals surface area contributed by atoms with Crippen LogP contribution in [0.5, 0.6) is 0 Å². The van der Waals surface area contributed by atoms with Crippen molar-refractivity contribution >= 4 is 11.9 Å². The third-order valence-corrected chi connectivity index (χ3v) is 2.08. The number of carbonyl (C=O) groups is 2. The van der Waals surface area contributed by atoms with E-state index in [0.29, 0.717) is 5.56 Å². The van der Waals surface area contributed by atoms with Crippen molar-refractivity contribution in [2.45, 2.75) is 25.8 Å². The largest absolute Gasteiger partial charge is 0.481 e. The number of benzene rings is 1. The van der Waals surface area contributed by atoms with Crippen LogP contribution in [0.15, 0.2) is 30.3 Å². The molecule has 0 spiro atoms. The van der Waals surface area contributed by atoms with Crippen molar-refractivity contribution in [3.8, 4) is 0 Å². The van der Waals surface area contributed by atoms with Gasteiger partial charge in [0.25, 0.3) is 5.91 Å². The molecule has 86 valence electrons. The minimum atomic E-state index is -0.932. The van der Waals surface area contributed by atoms with Gasteiger partial charge in [-0.1, -0.05) is 18.2 Å². The summed E-state index contributed by atoms with van der Waals surface area (Å²) in [7, 11) is 0. The van der Waals surface area contributed by atoms with Crippen molar-refractivity contribution in [1.82, 2.24) is 5.32 Å². The molecule has 0 aliphatic rings. The first-order valence-corrected chi connectivity index (χ1v) is 5.00. The molecule has 0 saturated carbocycles. The normalized spacial score (nSPS) is 10.9. The first-order chi connectivity index (χ1) is 7.41. The van der Waals surface area contributed by atoms with E-state index in [9.17, 15) is 9.59 Å². The molecule has 0 radical (unpaired) electrons. The third-order valence-electron chi connectivity index (χ3n) is 2.08. The zero-order valence-corrected chi connectivity index (χ0v) is 9.36. The Balaban J connectivity index is 2.68. The molecule has 16 heavy (non-hydrogen) atoms. The van der Waals surface area contributed by atoms with E-state index < -0.39 is 11.5 Å². The lowest BCUT2D eigenvalue weighted by molar-refractivity contribution is -0.138. The zero-order valence-electron chi connectivity index (χ0n) is 9.36. The van der Waals surface area contributed by atoms with E-state index >= 15 is 0 Å². The second kappa shape index (κ2) is 4.79. The fourth-order valence-corrected chi connectivity index (χ4v) is 1.39. The summed E-state index contributed by atoms with van der Waals surface area (Å²) in [6.45, 7) is 3.36. The van der Waals surface area contributed by atoms with Gasteiger partial charge in [0.1, 0.15) is 0 Å². The highest BCUT2D eigenvalue weighted by molar-refractivity contribution is 5.94. The summed E-state index contributed by atoms with van der Waals surface area (Å²) in [5.74, 6) is -1.19. The summed E-state index contributed by atoms with van der Waals surface area (Å²) in [5.41, 5.74) is -0.223. The number of nitrogens with one attached hydrogen (secondary N) is 1. The molecule has 4 nitrogen and oxygen atoms in total. The predicted octanol–water partition coefficient (Wildman–Crippen LogP) is 1.67. The predicted molar refractivity (Wildman–Crippen MR) is 60.2 cm³/mol. The second-order valence-corrected chi connectivity index (χ2v) is 4.27. The van der Waals surface area contributed by atoms with Crippen LogP contribution in [0.25, 0.3) is 0 Å². The van der Waals surface area contributed by atoms with Gasteiger partial charge in [0.15, 0.2) is 0 Å². The van der Waals surface area contributed by atoms with Crippen LogP contribution in [0.1, 0.15) is 30.6 Å². The van der Waals surface area contributed by atoms with Crippen LogP contribution < -0.4 is 5.32 Å². The fourth-order valence-electron chi connectivity index (χ4n) is 1.39. The van der Waals surface area contributed by atoms with Crippen LogP contribution in [0.4, 0.5) is 0 Å². The summed E-state index contributed by atoms with van der Waals surface area (Å²) in [5, 5.41) is 11.4. The van der Waals surface area contributed by atoms with Crippen LogP contribution in [0, 0.1) is 0 Å². The molecule has 2 N–H and O–H groups in total. The number of carbonyl (C=O) groups excluding carboxylic acids is 1. The molecule has 0 aliphatic carbocycles. The fraction of sp³-hybridized carbons (Fsp3) is 0.333. The Kier molecular flexibility index (Phi) is 3.66. The number of amides is 1. The van der Waals surface area contributed by atoms with Crippen molar-refractivity contribution in [1.29, 1.82) is 0 Å². The Hall–Kier alpha value is -1.84. The molecule has 0 atom stereocenters. The highest BCUT2D eigenvalue weighted by Crippen LogP contribution is 2.10. The third kappa shape index (κ3) is 3.73. The molecular weight excluding hydrogens is 206 g/mol. The number of carboxylic acid groups (broad SMARTS) is 1. The maximum Gasteiger partial charge on any atom is 0.305 e. The number of hydrogen-bond donors (Lipinski definition) is 2. The van der Waals surface area contributed by atoms with Crippen molar-refractivity contribution in [3.05, 3.63) is 35.9 Å². The van der Waals surface area contributed by atoms with Crippen LogP contribution in [-0.2, 0) is 4.79 Å². The lowest BCUT2D eigenvalue weighted by atomic mass is 10.00. The molecule has 1 aromatic rings. The molecule has 0 aliphatic heterocycles. The summed E-state index contributed by atoms with van der Waals surface area (Å²) in [6, 6.07) is 8.72. The van der Waals surface area contributed by atoms with Gasteiger partial charge in [-0.15, -0.1) is 0 Å². The van der Waals surface area contributed by atoms with Gasteiger partial charge in [0.2, 0.25) is 0 Å². The van der Waals surface area contributed by atoms with Gasteiger partial charge in [0, 0.05) is 11.1 Å². The van der Waals surface area contributed by atoms with E-state index in [-0.39, 0.29) is 12.3 Å². The van der Waals surface area contributed by atoms with Crippen LogP contribution in [0.3, 0.4) is 0 Å². The van der Waals surface area contributed by atoms with E-state index in [2.05, 4.69) is 5.32 Å².